The second-order valence-corrected chi connectivity index (χ2v) is 5.74. The van der Waals surface area contributed by atoms with Crippen LogP contribution < -0.4 is 14.8 Å². The number of nitrogens with zero attached hydrogens (tertiary/aromatic N) is 4. The van der Waals surface area contributed by atoms with E-state index in [9.17, 15) is 4.79 Å². The third kappa shape index (κ3) is 4.22. The van der Waals surface area contributed by atoms with Crippen LogP contribution in [0.4, 0.5) is 5.69 Å². The van der Waals surface area contributed by atoms with E-state index in [0.29, 0.717) is 36.0 Å². The van der Waals surface area contributed by atoms with Crippen molar-refractivity contribution in [3.63, 3.8) is 0 Å². The smallest absolute Gasteiger partial charge is 0.255 e. The summed E-state index contributed by atoms with van der Waals surface area (Å²) in [6.07, 6.45) is 1.51. The predicted octanol–water partition coefficient (Wildman–Crippen LogP) is 3.02. The molecule has 0 fully saturated rings. The van der Waals surface area contributed by atoms with Crippen molar-refractivity contribution in [3.05, 3.63) is 53.9 Å². The molecule has 0 unspecified atom stereocenters. The van der Waals surface area contributed by atoms with Crippen LogP contribution in [0, 0.1) is 6.92 Å². The molecule has 140 valence electrons. The summed E-state index contributed by atoms with van der Waals surface area (Å²) >= 11 is 0. The Morgan fingerprint density at radius 1 is 1.07 bits per heavy atom. The SMILES string of the molecule is CCOc1ccc(C(=O)Nc2ccc(C)c(-n3cnnn3)c2)cc1OCC. The Morgan fingerprint density at radius 2 is 1.85 bits per heavy atom. The monoisotopic (exact) mass is 367 g/mol. The van der Waals surface area contributed by atoms with E-state index in [1.165, 1.54) is 6.33 Å². The summed E-state index contributed by atoms with van der Waals surface area (Å²) in [6.45, 7) is 6.74. The van der Waals surface area contributed by atoms with Gasteiger partial charge in [0.05, 0.1) is 18.9 Å². The van der Waals surface area contributed by atoms with Gasteiger partial charge in [-0.2, -0.15) is 0 Å². The van der Waals surface area contributed by atoms with Crippen LogP contribution in [0.2, 0.25) is 0 Å². The molecular weight excluding hydrogens is 346 g/mol. The zero-order valence-corrected chi connectivity index (χ0v) is 15.5. The summed E-state index contributed by atoms with van der Waals surface area (Å²) in [6, 6.07) is 10.7. The molecular formula is C19H21N5O3. The molecule has 0 saturated carbocycles. The first kappa shape index (κ1) is 18.4. The van der Waals surface area contributed by atoms with E-state index in [1.807, 2.05) is 39.0 Å². The molecule has 0 bridgehead atoms. The van der Waals surface area contributed by atoms with Crippen LogP contribution in [0.5, 0.6) is 11.5 Å². The Labute approximate surface area is 157 Å². The zero-order valence-electron chi connectivity index (χ0n) is 15.5. The number of hydrogen-bond acceptors (Lipinski definition) is 6. The van der Waals surface area contributed by atoms with Crippen LogP contribution in [-0.2, 0) is 0 Å². The summed E-state index contributed by atoms with van der Waals surface area (Å²) in [7, 11) is 0. The van der Waals surface area contributed by atoms with E-state index in [1.54, 1.807) is 22.9 Å². The van der Waals surface area contributed by atoms with Gasteiger partial charge >= 0.3 is 0 Å². The molecule has 27 heavy (non-hydrogen) atoms. The third-order valence-electron chi connectivity index (χ3n) is 3.87. The minimum absolute atomic E-state index is 0.245. The van der Waals surface area contributed by atoms with Crippen molar-refractivity contribution >= 4 is 11.6 Å². The lowest BCUT2D eigenvalue weighted by Gasteiger charge is -2.13. The molecule has 1 aromatic heterocycles. The minimum Gasteiger partial charge on any atom is -0.490 e. The number of aromatic nitrogens is 4. The number of ether oxygens (including phenoxy) is 2. The molecule has 3 aromatic rings. The minimum atomic E-state index is -0.245. The van der Waals surface area contributed by atoms with E-state index in [0.717, 1.165) is 11.3 Å². The maximum Gasteiger partial charge on any atom is 0.255 e. The lowest BCUT2D eigenvalue weighted by molar-refractivity contribution is 0.102. The molecule has 0 radical (unpaired) electrons. The summed E-state index contributed by atoms with van der Waals surface area (Å²) in [5.74, 6) is 0.919. The number of rotatable bonds is 7. The quantitative estimate of drug-likeness (QED) is 0.690. The summed E-state index contributed by atoms with van der Waals surface area (Å²) in [5.41, 5.74) is 2.90. The van der Waals surface area contributed by atoms with Crippen LogP contribution in [0.3, 0.4) is 0 Å². The van der Waals surface area contributed by atoms with Crippen LogP contribution in [0.15, 0.2) is 42.7 Å². The molecule has 2 aromatic carbocycles. The molecule has 0 atom stereocenters. The molecule has 8 nitrogen and oxygen atoms in total. The van der Waals surface area contributed by atoms with Gasteiger partial charge in [-0.3, -0.25) is 4.79 Å². The first-order valence-corrected chi connectivity index (χ1v) is 8.67. The van der Waals surface area contributed by atoms with Crippen LogP contribution in [0.1, 0.15) is 29.8 Å². The fourth-order valence-corrected chi connectivity index (χ4v) is 2.60. The zero-order chi connectivity index (χ0) is 19.2. The second-order valence-electron chi connectivity index (χ2n) is 5.74. The summed E-state index contributed by atoms with van der Waals surface area (Å²) in [4.78, 5) is 12.7. The van der Waals surface area contributed by atoms with Gasteiger partial charge in [-0.15, -0.1) is 5.10 Å². The molecule has 8 heteroatoms. The predicted molar refractivity (Wildman–Crippen MR) is 101 cm³/mol. The molecule has 0 aliphatic rings. The number of anilines is 1. The molecule has 0 saturated heterocycles. The Balaban J connectivity index is 1.83. The van der Waals surface area contributed by atoms with Crippen molar-refractivity contribution in [2.24, 2.45) is 0 Å². The van der Waals surface area contributed by atoms with E-state index in [4.69, 9.17) is 9.47 Å². The van der Waals surface area contributed by atoms with Gasteiger partial charge in [-0.05, 0) is 67.1 Å². The Kier molecular flexibility index (Phi) is 5.65. The second kappa shape index (κ2) is 8.31. The maximum absolute atomic E-state index is 12.7. The third-order valence-corrected chi connectivity index (χ3v) is 3.87. The molecule has 0 aliphatic carbocycles. The molecule has 1 amide bonds. The average Bonchev–Trinajstić information content (AvgIpc) is 3.19. The first-order chi connectivity index (χ1) is 13.1. The van der Waals surface area contributed by atoms with Crippen molar-refractivity contribution in [2.75, 3.05) is 18.5 Å². The van der Waals surface area contributed by atoms with Gasteiger partial charge in [0.15, 0.2) is 11.5 Å². The van der Waals surface area contributed by atoms with Crippen molar-refractivity contribution in [3.8, 4) is 17.2 Å². The molecule has 1 heterocycles. The number of hydrogen-bond donors (Lipinski definition) is 1. The van der Waals surface area contributed by atoms with Crippen LogP contribution >= 0.6 is 0 Å². The summed E-state index contributed by atoms with van der Waals surface area (Å²) in [5, 5.41) is 14.1. The highest BCUT2D eigenvalue weighted by atomic mass is 16.5. The van der Waals surface area contributed by atoms with Gasteiger partial charge in [0.1, 0.15) is 6.33 Å². The van der Waals surface area contributed by atoms with Crippen molar-refractivity contribution < 1.29 is 14.3 Å². The van der Waals surface area contributed by atoms with Gasteiger partial charge < -0.3 is 14.8 Å². The fraction of sp³-hybridized carbons (Fsp3) is 0.263. The fourth-order valence-electron chi connectivity index (χ4n) is 2.60. The van der Waals surface area contributed by atoms with E-state index >= 15 is 0 Å². The Hall–Kier alpha value is -3.42. The lowest BCUT2D eigenvalue weighted by atomic mass is 10.1. The Bertz CT molecular complexity index is 925. The number of tetrazole rings is 1. The largest absolute Gasteiger partial charge is 0.490 e. The van der Waals surface area contributed by atoms with Gasteiger partial charge in [-0.1, -0.05) is 6.07 Å². The van der Waals surface area contributed by atoms with Crippen LogP contribution in [-0.4, -0.2) is 39.3 Å². The van der Waals surface area contributed by atoms with Crippen molar-refractivity contribution in [1.29, 1.82) is 0 Å². The highest BCUT2D eigenvalue weighted by molar-refractivity contribution is 6.04. The topological polar surface area (TPSA) is 91.2 Å². The van der Waals surface area contributed by atoms with Crippen molar-refractivity contribution in [1.82, 2.24) is 20.2 Å². The number of amides is 1. The van der Waals surface area contributed by atoms with Gasteiger partial charge in [0, 0.05) is 11.3 Å². The molecule has 0 spiro atoms. The van der Waals surface area contributed by atoms with E-state index in [2.05, 4.69) is 20.8 Å². The van der Waals surface area contributed by atoms with Gasteiger partial charge in [0.2, 0.25) is 0 Å². The number of benzene rings is 2. The first-order valence-electron chi connectivity index (χ1n) is 8.67. The highest BCUT2D eigenvalue weighted by Crippen LogP contribution is 2.29. The standard InChI is InChI=1S/C19H21N5O3/c1-4-26-17-9-7-14(10-18(17)27-5-2)19(25)21-15-8-6-13(3)16(11-15)24-12-20-22-23-24/h6-12H,4-5H2,1-3H3,(H,21,25). The van der Waals surface area contributed by atoms with Crippen LogP contribution in [0.25, 0.3) is 5.69 Å². The molecule has 3 rings (SSSR count). The number of nitrogens with one attached hydrogen (secondary N) is 1. The number of carbonyl (C=O) groups excluding carboxylic acids is 1. The number of aryl methyl sites for hydroxylation is 1. The summed E-state index contributed by atoms with van der Waals surface area (Å²) < 4.78 is 12.7. The Morgan fingerprint density at radius 3 is 2.56 bits per heavy atom. The van der Waals surface area contributed by atoms with Crippen molar-refractivity contribution in [2.45, 2.75) is 20.8 Å². The van der Waals surface area contributed by atoms with Gasteiger partial charge in [-0.25, -0.2) is 4.68 Å². The maximum atomic E-state index is 12.7. The highest BCUT2D eigenvalue weighted by Gasteiger charge is 2.13. The lowest BCUT2D eigenvalue weighted by Crippen LogP contribution is -2.13. The normalized spacial score (nSPS) is 10.5. The molecule has 0 aliphatic heterocycles. The van der Waals surface area contributed by atoms with Gasteiger partial charge in [0.25, 0.3) is 5.91 Å². The number of carbonyl (C=O) groups is 1. The molecule has 1 N–H and O–H groups in total. The van der Waals surface area contributed by atoms with E-state index < -0.39 is 0 Å². The van der Waals surface area contributed by atoms with E-state index in [-0.39, 0.29) is 5.91 Å². The average molecular weight is 367 g/mol.